The average Bonchev–Trinajstić information content (AvgIpc) is 3.71. The first-order chi connectivity index (χ1) is 18.7. The number of aryl methyl sites for hydroxylation is 1. The first-order valence-corrected chi connectivity index (χ1v) is 15.4. The zero-order valence-electron chi connectivity index (χ0n) is 22.6. The summed E-state index contributed by atoms with van der Waals surface area (Å²) in [5.74, 6) is 2.54. The van der Waals surface area contributed by atoms with Crippen LogP contribution in [0.3, 0.4) is 0 Å². The fourth-order valence-electron chi connectivity index (χ4n) is 5.11. The highest BCUT2D eigenvalue weighted by Gasteiger charge is 2.45. The molecule has 1 saturated carbocycles. The van der Waals surface area contributed by atoms with Gasteiger partial charge in [0.05, 0.1) is 24.9 Å². The summed E-state index contributed by atoms with van der Waals surface area (Å²) in [6, 6.07) is 18.0. The van der Waals surface area contributed by atoms with Crippen molar-refractivity contribution in [1.29, 1.82) is 0 Å². The monoisotopic (exact) mass is 550 g/mol. The van der Waals surface area contributed by atoms with Gasteiger partial charge in [0.25, 0.3) is 0 Å². The van der Waals surface area contributed by atoms with Gasteiger partial charge in [0.1, 0.15) is 40.3 Å². The van der Waals surface area contributed by atoms with Gasteiger partial charge in [0.15, 0.2) is 0 Å². The van der Waals surface area contributed by atoms with Gasteiger partial charge >= 0.3 is 5.97 Å². The van der Waals surface area contributed by atoms with Crippen molar-refractivity contribution in [2.75, 3.05) is 25.2 Å². The van der Waals surface area contributed by atoms with E-state index in [2.05, 4.69) is 6.07 Å². The highest BCUT2D eigenvalue weighted by Crippen LogP contribution is 2.48. The largest absolute Gasteiger partial charge is 0.494 e. The lowest BCUT2D eigenvalue weighted by atomic mass is 9.91. The third-order valence-corrected chi connectivity index (χ3v) is 8.14. The number of carbonyl (C=O) groups excluding carboxylic acids is 1. The number of sulfone groups is 1. The van der Waals surface area contributed by atoms with Crippen LogP contribution < -0.4 is 14.2 Å². The number of hydrogen-bond acceptors (Lipinski definition) is 7. The standard InChI is InChI=1S/C31H34O7S/c1-4-35-31(32)27-17-26(27)22-7-9-24(10-8-22)37-18-21-6-11-29-28(15-21)30-20(2)14-25(16-23(30)19-38-29)36-12-5-13-39(3,33)34/h6-11,14-16,26-27H,4-5,12-13,17-19H2,1-3H3/t26-,27+/m1/s1. The lowest BCUT2D eigenvalue weighted by Gasteiger charge is -2.24. The molecule has 0 spiro atoms. The van der Waals surface area contributed by atoms with Crippen molar-refractivity contribution in [1.82, 2.24) is 0 Å². The Kier molecular flexibility index (Phi) is 7.84. The average molecular weight is 551 g/mol. The maximum atomic E-state index is 11.9. The summed E-state index contributed by atoms with van der Waals surface area (Å²) in [7, 11) is -3.00. The molecule has 1 aliphatic heterocycles. The minimum Gasteiger partial charge on any atom is -0.494 e. The molecule has 0 aromatic heterocycles. The summed E-state index contributed by atoms with van der Waals surface area (Å²) in [4.78, 5) is 11.9. The molecular weight excluding hydrogens is 516 g/mol. The number of fused-ring (bicyclic) bond motifs is 3. The maximum Gasteiger partial charge on any atom is 0.309 e. The van der Waals surface area contributed by atoms with E-state index in [9.17, 15) is 13.2 Å². The first kappa shape index (κ1) is 27.1. The molecular formula is C31H34O7S. The van der Waals surface area contributed by atoms with Gasteiger partial charge in [-0.3, -0.25) is 4.79 Å². The fourth-order valence-corrected chi connectivity index (χ4v) is 5.76. The van der Waals surface area contributed by atoms with Crippen molar-refractivity contribution in [3.05, 3.63) is 76.9 Å². The molecule has 0 radical (unpaired) electrons. The van der Waals surface area contributed by atoms with Crippen LogP contribution in [0.25, 0.3) is 11.1 Å². The number of benzene rings is 3. The molecule has 0 bridgehead atoms. The predicted octanol–water partition coefficient (Wildman–Crippen LogP) is 5.61. The maximum absolute atomic E-state index is 11.9. The van der Waals surface area contributed by atoms with Crippen molar-refractivity contribution in [2.45, 2.75) is 45.8 Å². The minimum atomic E-state index is -3.00. The van der Waals surface area contributed by atoms with Crippen LogP contribution in [-0.2, 0) is 32.6 Å². The lowest BCUT2D eigenvalue weighted by molar-refractivity contribution is -0.144. The summed E-state index contributed by atoms with van der Waals surface area (Å²) >= 11 is 0. The van der Waals surface area contributed by atoms with Crippen LogP contribution in [0.1, 0.15) is 47.9 Å². The van der Waals surface area contributed by atoms with Gasteiger partial charge in [-0.25, -0.2) is 8.42 Å². The second kappa shape index (κ2) is 11.3. The van der Waals surface area contributed by atoms with E-state index in [1.54, 1.807) is 0 Å². The zero-order chi connectivity index (χ0) is 27.6. The van der Waals surface area contributed by atoms with Crippen LogP contribution in [-0.4, -0.2) is 39.6 Å². The Labute approximate surface area is 230 Å². The highest BCUT2D eigenvalue weighted by molar-refractivity contribution is 7.90. The second-order valence-electron chi connectivity index (χ2n) is 10.3. The molecule has 0 N–H and O–H groups in total. The van der Waals surface area contributed by atoms with Crippen molar-refractivity contribution in [3.63, 3.8) is 0 Å². The molecule has 1 fully saturated rings. The summed E-state index contributed by atoms with van der Waals surface area (Å²) < 4.78 is 45.8. The van der Waals surface area contributed by atoms with E-state index in [0.717, 1.165) is 57.1 Å². The predicted molar refractivity (Wildman–Crippen MR) is 149 cm³/mol. The van der Waals surface area contributed by atoms with Gasteiger partial charge in [-0.15, -0.1) is 0 Å². The molecule has 1 aliphatic carbocycles. The molecule has 0 unspecified atom stereocenters. The molecule has 7 nitrogen and oxygen atoms in total. The lowest BCUT2D eigenvalue weighted by Crippen LogP contribution is -2.10. The molecule has 3 aromatic rings. The molecule has 206 valence electrons. The van der Waals surface area contributed by atoms with Crippen molar-refractivity contribution < 1.29 is 32.2 Å². The molecule has 0 saturated heterocycles. The fraction of sp³-hybridized carbons (Fsp3) is 0.387. The Bertz CT molecular complexity index is 1460. The zero-order valence-corrected chi connectivity index (χ0v) is 23.4. The number of rotatable bonds is 11. The Morgan fingerprint density at radius 1 is 1.03 bits per heavy atom. The van der Waals surface area contributed by atoms with Gasteiger partial charge < -0.3 is 18.9 Å². The van der Waals surface area contributed by atoms with Gasteiger partial charge in [-0.05, 0) is 91.3 Å². The smallest absolute Gasteiger partial charge is 0.309 e. The van der Waals surface area contributed by atoms with Gasteiger partial charge in [0.2, 0.25) is 0 Å². The molecule has 39 heavy (non-hydrogen) atoms. The van der Waals surface area contributed by atoms with Crippen LogP contribution in [0.5, 0.6) is 17.2 Å². The van der Waals surface area contributed by atoms with Crippen LogP contribution >= 0.6 is 0 Å². The van der Waals surface area contributed by atoms with Crippen molar-refractivity contribution in [3.8, 4) is 28.4 Å². The van der Waals surface area contributed by atoms with E-state index in [4.69, 9.17) is 18.9 Å². The molecule has 2 aliphatic rings. The van der Waals surface area contributed by atoms with E-state index >= 15 is 0 Å². The third-order valence-electron chi connectivity index (χ3n) is 7.11. The molecule has 0 amide bonds. The normalized spacial score (nSPS) is 17.4. The SMILES string of the molecule is CCOC(=O)[C@H]1C[C@@H]1c1ccc(OCc2ccc3c(c2)-c2c(C)cc(OCCCS(C)(=O)=O)cc2CO3)cc1. The van der Waals surface area contributed by atoms with Crippen molar-refractivity contribution >= 4 is 15.8 Å². The first-order valence-electron chi connectivity index (χ1n) is 13.3. The number of hydrogen-bond donors (Lipinski definition) is 0. The molecule has 8 heteroatoms. The van der Waals surface area contributed by atoms with E-state index in [-0.39, 0.29) is 23.6 Å². The Balaban J connectivity index is 1.23. The van der Waals surface area contributed by atoms with Gasteiger partial charge in [0, 0.05) is 17.4 Å². The van der Waals surface area contributed by atoms with Gasteiger partial charge in [-0.1, -0.05) is 18.2 Å². The number of esters is 1. The van der Waals surface area contributed by atoms with E-state index in [1.807, 2.05) is 62.4 Å². The van der Waals surface area contributed by atoms with Crippen molar-refractivity contribution in [2.24, 2.45) is 5.92 Å². The Hall–Kier alpha value is -3.52. The Morgan fingerprint density at radius 2 is 1.82 bits per heavy atom. The molecule has 1 heterocycles. The third kappa shape index (κ3) is 6.56. The molecule has 2 atom stereocenters. The van der Waals surface area contributed by atoms with Crippen LogP contribution in [0.15, 0.2) is 54.6 Å². The van der Waals surface area contributed by atoms with Crippen LogP contribution in [0.4, 0.5) is 0 Å². The van der Waals surface area contributed by atoms with Crippen LogP contribution in [0, 0.1) is 12.8 Å². The van der Waals surface area contributed by atoms with E-state index in [1.165, 1.54) is 6.26 Å². The number of ether oxygens (including phenoxy) is 4. The topological polar surface area (TPSA) is 88.1 Å². The van der Waals surface area contributed by atoms with Crippen LogP contribution in [0.2, 0.25) is 0 Å². The Morgan fingerprint density at radius 3 is 2.56 bits per heavy atom. The summed E-state index contributed by atoms with van der Waals surface area (Å²) in [6.07, 6.45) is 2.53. The highest BCUT2D eigenvalue weighted by atomic mass is 32.2. The summed E-state index contributed by atoms with van der Waals surface area (Å²) in [6.45, 7) is 5.50. The minimum absolute atomic E-state index is 0.0247. The second-order valence-corrected chi connectivity index (χ2v) is 12.5. The summed E-state index contributed by atoms with van der Waals surface area (Å²) in [5, 5.41) is 0. The number of carbonyl (C=O) groups is 1. The van der Waals surface area contributed by atoms with E-state index < -0.39 is 9.84 Å². The van der Waals surface area contributed by atoms with E-state index in [0.29, 0.717) is 32.8 Å². The molecule has 5 rings (SSSR count). The summed E-state index contributed by atoms with van der Waals surface area (Å²) in [5.41, 5.74) is 6.43. The molecule has 3 aromatic carbocycles. The quantitative estimate of drug-likeness (QED) is 0.226. The van der Waals surface area contributed by atoms with Gasteiger partial charge in [-0.2, -0.15) is 0 Å².